The van der Waals surface area contributed by atoms with Crippen LogP contribution in [0.15, 0.2) is 40.9 Å². The second-order valence-electron chi connectivity index (χ2n) is 3.73. The predicted octanol–water partition coefficient (Wildman–Crippen LogP) is 5.34. The van der Waals surface area contributed by atoms with Crippen molar-refractivity contribution in [3.63, 3.8) is 0 Å². The van der Waals surface area contributed by atoms with Crippen LogP contribution in [0, 0.1) is 6.92 Å². The third kappa shape index (κ3) is 2.88. The summed E-state index contributed by atoms with van der Waals surface area (Å²) in [6, 6.07) is 12.5. The fourth-order valence-corrected chi connectivity index (χ4v) is 4.10. The molecule has 3 heteroatoms. The van der Waals surface area contributed by atoms with Crippen LogP contribution >= 0.6 is 38.9 Å². The summed E-state index contributed by atoms with van der Waals surface area (Å²) in [5, 5.41) is 0.0514. The Morgan fingerprint density at radius 3 is 2.56 bits per heavy atom. The van der Waals surface area contributed by atoms with Crippen LogP contribution in [0.2, 0.25) is 0 Å². The van der Waals surface area contributed by atoms with Gasteiger partial charge in [0.2, 0.25) is 0 Å². The number of aryl methyl sites for hydroxylation is 1. The van der Waals surface area contributed by atoms with Gasteiger partial charge in [-0.3, -0.25) is 0 Å². The predicted molar refractivity (Wildman–Crippen MR) is 75.5 cm³/mol. The monoisotopic (exact) mass is 314 g/mol. The van der Waals surface area contributed by atoms with Gasteiger partial charge in [0.15, 0.2) is 0 Å². The Labute approximate surface area is 113 Å². The van der Waals surface area contributed by atoms with E-state index in [1.165, 1.54) is 15.3 Å². The van der Waals surface area contributed by atoms with Gasteiger partial charge in [-0.25, -0.2) is 0 Å². The Morgan fingerprint density at radius 1 is 1.31 bits per heavy atom. The molecule has 0 aliphatic heterocycles. The minimum absolute atomic E-state index is 0.0514. The first-order valence-corrected chi connectivity index (χ1v) is 7.15. The highest BCUT2D eigenvalue weighted by molar-refractivity contribution is 9.10. The average molecular weight is 316 g/mol. The lowest BCUT2D eigenvalue weighted by Crippen LogP contribution is -1.93. The van der Waals surface area contributed by atoms with Crippen LogP contribution in [0.4, 0.5) is 0 Å². The SMILES string of the molecule is Cc1cc(Br)c(C(Cl)Cc2ccccc2)s1. The molecule has 0 saturated carbocycles. The van der Waals surface area contributed by atoms with Crippen LogP contribution in [-0.2, 0) is 6.42 Å². The Kier molecular flexibility index (Phi) is 4.06. The van der Waals surface area contributed by atoms with Crippen LogP contribution in [-0.4, -0.2) is 0 Å². The van der Waals surface area contributed by atoms with Gasteiger partial charge in [0.25, 0.3) is 0 Å². The summed E-state index contributed by atoms with van der Waals surface area (Å²) in [5.74, 6) is 0. The number of halogens is 2. The fraction of sp³-hybridized carbons (Fsp3) is 0.231. The molecule has 0 nitrogen and oxygen atoms in total. The van der Waals surface area contributed by atoms with Gasteiger partial charge < -0.3 is 0 Å². The van der Waals surface area contributed by atoms with E-state index in [0.29, 0.717) is 0 Å². The molecule has 0 fully saturated rings. The lowest BCUT2D eigenvalue weighted by molar-refractivity contribution is 0.936. The summed E-state index contributed by atoms with van der Waals surface area (Å²) in [6.45, 7) is 2.10. The van der Waals surface area contributed by atoms with Crippen molar-refractivity contribution in [1.82, 2.24) is 0 Å². The van der Waals surface area contributed by atoms with Crippen LogP contribution in [0.25, 0.3) is 0 Å². The highest BCUT2D eigenvalue weighted by Gasteiger charge is 2.14. The highest BCUT2D eigenvalue weighted by Crippen LogP contribution is 2.37. The lowest BCUT2D eigenvalue weighted by atomic mass is 10.1. The van der Waals surface area contributed by atoms with E-state index in [1.54, 1.807) is 11.3 Å². The summed E-state index contributed by atoms with van der Waals surface area (Å²) in [6.07, 6.45) is 0.876. The van der Waals surface area contributed by atoms with Gasteiger partial charge in [0, 0.05) is 14.2 Å². The van der Waals surface area contributed by atoms with Crippen molar-refractivity contribution in [2.24, 2.45) is 0 Å². The summed E-state index contributed by atoms with van der Waals surface area (Å²) in [5.41, 5.74) is 1.28. The second-order valence-corrected chi connectivity index (χ2v) is 6.40. The molecule has 0 N–H and O–H groups in total. The van der Waals surface area contributed by atoms with Crippen molar-refractivity contribution < 1.29 is 0 Å². The van der Waals surface area contributed by atoms with Gasteiger partial charge in [0.05, 0.1) is 5.38 Å². The lowest BCUT2D eigenvalue weighted by Gasteiger charge is -2.08. The molecule has 1 aromatic heterocycles. The average Bonchev–Trinajstić information content (AvgIpc) is 2.59. The number of alkyl halides is 1. The molecule has 16 heavy (non-hydrogen) atoms. The van der Waals surface area contributed by atoms with Gasteiger partial charge in [-0.15, -0.1) is 22.9 Å². The molecule has 0 saturated heterocycles. The number of hydrogen-bond acceptors (Lipinski definition) is 1. The van der Waals surface area contributed by atoms with Gasteiger partial charge in [-0.05, 0) is 40.9 Å². The number of thiophene rings is 1. The molecule has 0 bridgehead atoms. The van der Waals surface area contributed by atoms with Crippen molar-refractivity contribution in [3.8, 4) is 0 Å². The van der Waals surface area contributed by atoms with E-state index in [9.17, 15) is 0 Å². The standard InChI is InChI=1S/C13H12BrClS/c1-9-7-11(14)13(16-9)12(15)8-10-5-3-2-4-6-10/h2-7,12H,8H2,1H3. The van der Waals surface area contributed by atoms with Crippen molar-refractivity contribution in [1.29, 1.82) is 0 Å². The molecule has 1 aromatic carbocycles. The quantitative estimate of drug-likeness (QED) is 0.670. The Bertz CT molecular complexity index is 464. The smallest absolute Gasteiger partial charge is 0.0730 e. The summed E-state index contributed by atoms with van der Waals surface area (Å²) in [4.78, 5) is 2.52. The van der Waals surface area contributed by atoms with Crippen molar-refractivity contribution in [2.75, 3.05) is 0 Å². The summed E-state index contributed by atoms with van der Waals surface area (Å²) < 4.78 is 1.13. The van der Waals surface area contributed by atoms with Crippen molar-refractivity contribution in [2.45, 2.75) is 18.7 Å². The maximum Gasteiger partial charge on any atom is 0.0730 e. The molecule has 2 aromatic rings. The molecule has 0 amide bonds. The van der Waals surface area contributed by atoms with Gasteiger partial charge in [-0.1, -0.05) is 30.3 Å². The number of benzene rings is 1. The zero-order valence-corrected chi connectivity index (χ0v) is 12.1. The molecule has 2 rings (SSSR count). The number of rotatable bonds is 3. The largest absolute Gasteiger partial charge is 0.143 e. The summed E-state index contributed by atoms with van der Waals surface area (Å²) >= 11 is 11.8. The summed E-state index contributed by atoms with van der Waals surface area (Å²) in [7, 11) is 0. The molecule has 0 spiro atoms. The zero-order valence-electron chi connectivity index (χ0n) is 8.91. The molecule has 84 valence electrons. The Balaban J connectivity index is 2.14. The zero-order chi connectivity index (χ0) is 11.5. The molecular weight excluding hydrogens is 304 g/mol. The topological polar surface area (TPSA) is 0 Å². The first-order valence-electron chi connectivity index (χ1n) is 5.10. The van der Waals surface area contributed by atoms with Gasteiger partial charge in [0.1, 0.15) is 0 Å². The van der Waals surface area contributed by atoms with E-state index in [1.807, 2.05) is 18.2 Å². The molecule has 0 aliphatic carbocycles. The van der Waals surface area contributed by atoms with Crippen molar-refractivity contribution >= 4 is 38.9 Å². The van der Waals surface area contributed by atoms with Crippen LogP contribution in [0.1, 0.15) is 20.7 Å². The van der Waals surface area contributed by atoms with Crippen LogP contribution in [0.3, 0.4) is 0 Å². The molecule has 1 atom stereocenters. The molecule has 0 radical (unpaired) electrons. The Morgan fingerprint density at radius 2 is 2.00 bits per heavy atom. The first-order chi connectivity index (χ1) is 7.66. The van der Waals surface area contributed by atoms with Gasteiger partial charge >= 0.3 is 0 Å². The van der Waals surface area contributed by atoms with E-state index in [2.05, 4.69) is 41.1 Å². The highest BCUT2D eigenvalue weighted by atomic mass is 79.9. The minimum atomic E-state index is 0.0514. The van der Waals surface area contributed by atoms with E-state index in [-0.39, 0.29) is 5.38 Å². The van der Waals surface area contributed by atoms with Gasteiger partial charge in [-0.2, -0.15) is 0 Å². The molecule has 1 unspecified atom stereocenters. The number of hydrogen-bond donors (Lipinski definition) is 0. The maximum absolute atomic E-state index is 6.44. The third-order valence-corrected chi connectivity index (χ3v) is 4.96. The van der Waals surface area contributed by atoms with E-state index >= 15 is 0 Å². The fourth-order valence-electron chi connectivity index (χ4n) is 1.63. The maximum atomic E-state index is 6.44. The third-order valence-electron chi connectivity index (χ3n) is 2.38. The van der Waals surface area contributed by atoms with E-state index < -0.39 is 0 Å². The van der Waals surface area contributed by atoms with E-state index in [4.69, 9.17) is 11.6 Å². The minimum Gasteiger partial charge on any atom is -0.143 e. The molecular formula is C13H12BrClS. The van der Waals surface area contributed by atoms with Crippen molar-refractivity contribution in [3.05, 3.63) is 56.2 Å². The molecule has 0 aliphatic rings. The van der Waals surface area contributed by atoms with Crippen LogP contribution < -0.4 is 0 Å². The normalized spacial score (nSPS) is 12.7. The first kappa shape index (κ1) is 12.2. The molecule has 1 heterocycles. The van der Waals surface area contributed by atoms with Crippen LogP contribution in [0.5, 0.6) is 0 Å². The van der Waals surface area contributed by atoms with E-state index in [0.717, 1.165) is 10.9 Å². The second kappa shape index (κ2) is 5.35. The Hall–Kier alpha value is -0.310.